The third-order valence-electron chi connectivity index (χ3n) is 5.41. The molecule has 5 nitrogen and oxygen atoms in total. The van der Waals surface area contributed by atoms with Crippen LogP contribution in [-0.4, -0.2) is 15.7 Å². The van der Waals surface area contributed by atoms with Crippen molar-refractivity contribution in [3.8, 4) is 0 Å². The van der Waals surface area contributed by atoms with Crippen LogP contribution in [0.15, 0.2) is 48.5 Å². The average Bonchev–Trinajstić information content (AvgIpc) is 2.98. The molecule has 3 N–H and O–H groups in total. The number of nitrogens with one attached hydrogen (secondary N) is 1. The Morgan fingerprint density at radius 2 is 2.07 bits per heavy atom. The van der Waals surface area contributed by atoms with Crippen LogP contribution in [0.25, 0.3) is 0 Å². The minimum atomic E-state index is -0.0371. The van der Waals surface area contributed by atoms with E-state index in [4.69, 9.17) is 5.73 Å². The first-order valence-corrected chi connectivity index (χ1v) is 9.79. The number of nitrogens with two attached hydrogens (primary N) is 1. The predicted molar refractivity (Wildman–Crippen MR) is 111 cm³/mol. The lowest BCUT2D eigenvalue weighted by molar-refractivity contribution is 0.0932. The molecule has 28 heavy (non-hydrogen) atoms. The lowest BCUT2D eigenvalue weighted by atomic mass is 9.87. The molecule has 1 amide bonds. The molecule has 3 aromatic rings. The Morgan fingerprint density at radius 3 is 2.86 bits per heavy atom. The number of aryl methyl sites for hydroxylation is 3. The summed E-state index contributed by atoms with van der Waals surface area (Å²) >= 11 is 0. The second-order valence-electron chi connectivity index (χ2n) is 7.66. The van der Waals surface area contributed by atoms with Gasteiger partial charge in [0.15, 0.2) is 0 Å². The molecule has 0 spiro atoms. The van der Waals surface area contributed by atoms with Gasteiger partial charge in [-0.1, -0.05) is 18.2 Å². The van der Waals surface area contributed by atoms with E-state index >= 15 is 0 Å². The van der Waals surface area contributed by atoms with Crippen LogP contribution < -0.4 is 11.1 Å². The van der Waals surface area contributed by atoms with Crippen molar-refractivity contribution in [1.82, 2.24) is 15.1 Å². The van der Waals surface area contributed by atoms with Crippen LogP contribution in [0.5, 0.6) is 0 Å². The molecule has 0 bridgehead atoms. The highest BCUT2D eigenvalue weighted by Gasteiger charge is 2.22. The minimum Gasteiger partial charge on any atom is -0.399 e. The number of rotatable bonds is 4. The van der Waals surface area contributed by atoms with Crippen LogP contribution >= 0.6 is 0 Å². The number of aromatic nitrogens is 2. The molecule has 5 heteroatoms. The lowest BCUT2D eigenvalue weighted by Gasteiger charge is -2.26. The molecule has 1 heterocycles. The lowest BCUT2D eigenvalue weighted by Crippen LogP contribution is -2.31. The summed E-state index contributed by atoms with van der Waals surface area (Å²) in [5, 5.41) is 7.73. The summed E-state index contributed by atoms with van der Waals surface area (Å²) in [6, 6.07) is 15.9. The Bertz CT molecular complexity index is 1020. The predicted octanol–water partition coefficient (Wildman–Crippen LogP) is 3.94. The molecule has 1 aliphatic rings. The van der Waals surface area contributed by atoms with E-state index < -0.39 is 0 Å². The Kier molecular flexibility index (Phi) is 4.90. The number of anilines is 1. The molecular weight excluding hydrogens is 348 g/mol. The zero-order valence-electron chi connectivity index (χ0n) is 16.4. The topological polar surface area (TPSA) is 72.9 Å². The molecule has 0 saturated carbocycles. The Hall–Kier alpha value is -3.08. The van der Waals surface area contributed by atoms with Gasteiger partial charge in [-0.15, -0.1) is 0 Å². The maximum Gasteiger partial charge on any atom is 0.251 e. The van der Waals surface area contributed by atoms with Crippen LogP contribution in [-0.2, 0) is 13.0 Å². The van der Waals surface area contributed by atoms with Gasteiger partial charge in [-0.3, -0.25) is 9.48 Å². The standard InChI is InChI=1S/C23H26N4O/c1-15-11-16(2)27(26-15)14-17-5-3-7-19(12-17)23(28)25-22-8-4-6-18-13-20(24)9-10-21(18)22/h3,5,7,9-13,22H,4,6,8,14,24H2,1-2H3,(H,25,28). The molecule has 2 aromatic carbocycles. The normalized spacial score (nSPS) is 15.9. The molecule has 0 saturated heterocycles. The molecule has 0 radical (unpaired) electrons. The number of carbonyl (C=O) groups is 1. The van der Waals surface area contributed by atoms with Gasteiger partial charge < -0.3 is 11.1 Å². The summed E-state index contributed by atoms with van der Waals surface area (Å²) < 4.78 is 1.97. The Balaban J connectivity index is 1.51. The number of benzene rings is 2. The highest BCUT2D eigenvalue weighted by molar-refractivity contribution is 5.94. The highest BCUT2D eigenvalue weighted by Crippen LogP contribution is 2.31. The largest absolute Gasteiger partial charge is 0.399 e. The van der Waals surface area contributed by atoms with Crippen molar-refractivity contribution >= 4 is 11.6 Å². The fourth-order valence-electron chi connectivity index (χ4n) is 4.04. The van der Waals surface area contributed by atoms with Crippen LogP contribution in [0.2, 0.25) is 0 Å². The molecule has 1 atom stereocenters. The van der Waals surface area contributed by atoms with E-state index in [2.05, 4.69) is 16.5 Å². The Labute approximate surface area is 165 Å². The minimum absolute atomic E-state index is 0.0371. The molecule has 0 aliphatic heterocycles. The third kappa shape index (κ3) is 3.79. The van der Waals surface area contributed by atoms with Gasteiger partial charge in [-0.25, -0.2) is 0 Å². The molecule has 0 fully saturated rings. The number of fused-ring (bicyclic) bond motifs is 1. The molecule has 1 aromatic heterocycles. The van der Waals surface area contributed by atoms with Gasteiger partial charge >= 0.3 is 0 Å². The molecule has 1 unspecified atom stereocenters. The summed E-state index contributed by atoms with van der Waals surface area (Å²) in [7, 11) is 0. The van der Waals surface area contributed by atoms with E-state index in [9.17, 15) is 4.79 Å². The van der Waals surface area contributed by atoms with Crippen molar-refractivity contribution in [1.29, 1.82) is 0 Å². The fraction of sp³-hybridized carbons (Fsp3) is 0.304. The summed E-state index contributed by atoms with van der Waals surface area (Å²) in [6.07, 6.45) is 3.03. The first-order valence-electron chi connectivity index (χ1n) is 9.79. The van der Waals surface area contributed by atoms with Gasteiger partial charge in [0.05, 0.1) is 18.3 Å². The van der Waals surface area contributed by atoms with Gasteiger partial charge in [0.25, 0.3) is 5.91 Å². The smallest absolute Gasteiger partial charge is 0.251 e. The monoisotopic (exact) mass is 374 g/mol. The van der Waals surface area contributed by atoms with Crippen molar-refractivity contribution in [2.45, 2.75) is 45.7 Å². The van der Waals surface area contributed by atoms with Crippen molar-refractivity contribution in [3.05, 3.63) is 82.2 Å². The van der Waals surface area contributed by atoms with E-state index in [0.29, 0.717) is 12.1 Å². The van der Waals surface area contributed by atoms with E-state index in [0.717, 1.165) is 41.9 Å². The summed E-state index contributed by atoms with van der Waals surface area (Å²) in [6.45, 7) is 4.69. The van der Waals surface area contributed by atoms with E-state index in [1.54, 1.807) is 0 Å². The highest BCUT2D eigenvalue weighted by atomic mass is 16.1. The second kappa shape index (κ2) is 7.50. The molecular formula is C23H26N4O. The first kappa shape index (κ1) is 18.3. The molecule has 144 valence electrons. The van der Waals surface area contributed by atoms with E-state index in [-0.39, 0.29) is 11.9 Å². The van der Waals surface area contributed by atoms with Crippen molar-refractivity contribution < 1.29 is 4.79 Å². The van der Waals surface area contributed by atoms with Gasteiger partial charge in [0.2, 0.25) is 0 Å². The molecule has 4 rings (SSSR count). The number of hydrogen-bond acceptors (Lipinski definition) is 3. The third-order valence-corrected chi connectivity index (χ3v) is 5.41. The fourth-order valence-corrected chi connectivity index (χ4v) is 4.04. The van der Waals surface area contributed by atoms with Crippen molar-refractivity contribution in [3.63, 3.8) is 0 Å². The summed E-state index contributed by atoms with van der Waals surface area (Å²) in [5.74, 6) is -0.0371. The zero-order valence-corrected chi connectivity index (χ0v) is 16.4. The quantitative estimate of drug-likeness (QED) is 0.680. The van der Waals surface area contributed by atoms with Gasteiger partial charge in [-0.05, 0) is 80.1 Å². The number of carbonyl (C=O) groups excluding carboxylic acids is 1. The maximum atomic E-state index is 12.9. The number of nitrogens with zero attached hydrogens (tertiary/aromatic N) is 2. The van der Waals surface area contributed by atoms with Crippen LogP contribution in [0.1, 0.15) is 57.3 Å². The van der Waals surface area contributed by atoms with Gasteiger partial charge in [0.1, 0.15) is 0 Å². The first-order chi connectivity index (χ1) is 13.5. The Morgan fingerprint density at radius 1 is 1.21 bits per heavy atom. The van der Waals surface area contributed by atoms with E-state index in [1.165, 1.54) is 11.1 Å². The van der Waals surface area contributed by atoms with E-state index in [1.807, 2.05) is 61.0 Å². The maximum absolute atomic E-state index is 12.9. The number of amides is 1. The van der Waals surface area contributed by atoms with Gasteiger partial charge in [-0.2, -0.15) is 5.10 Å². The number of nitrogen functional groups attached to an aromatic ring is 1. The summed E-state index contributed by atoms with van der Waals surface area (Å²) in [5.41, 5.74) is 13.0. The molecule has 1 aliphatic carbocycles. The van der Waals surface area contributed by atoms with Gasteiger partial charge in [0, 0.05) is 16.9 Å². The van der Waals surface area contributed by atoms with Crippen molar-refractivity contribution in [2.75, 3.05) is 5.73 Å². The van der Waals surface area contributed by atoms with Crippen LogP contribution in [0.4, 0.5) is 5.69 Å². The van der Waals surface area contributed by atoms with Crippen molar-refractivity contribution in [2.24, 2.45) is 0 Å². The average molecular weight is 374 g/mol. The SMILES string of the molecule is Cc1cc(C)n(Cc2cccc(C(=O)NC3CCCc4cc(N)ccc43)c2)n1. The van der Waals surface area contributed by atoms with Crippen LogP contribution in [0, 0.1) is 13.8 Å². The second-order valence-corrected chi connectivity index (χ2v) is 7.66. The number of hydrogen-bond donors (Lipinski definition) is 2. The summed E-state index contributed by atoms with van der Waals surface area (Å²) in [4.78, 5) is 12.9. The van der Waals surface area contributed by atoms with Crippen LogP contribution in [0.3, 0.4) is 0 Å². The zero-order chi connectivity index (χ0) is 19.7.